The van der Waals surface area contributed by atoms with Crippen molar-refractivity contribution in [2.24, 2.45) is 0 Å². The van der Waals surface area contributed by atoms with Crippen molar-refractivity contribution in [3.8, 4) is 0 Å². The molecule has 0 aromatic carbocycles. The molecule has 0 aliphatic rings. The summed E-state index contributed by atoms with van der Waals surface area (Å²) in [5.74, 6) is -1.77. The first-order chi connectivity index (χ1) is 31.6. The topological polar surface area (TPSA) is 102 Å². The van der Waals surface area contributed by atoms with Crippen LogP contribution in [0.15, 0.2) is 60.8 Å². The molecule has 0 heterocycles. The standard InChI is InChI=1S/C57H101NO7/c1-6-8-10-12-14-16-18-20-22-24-26-27-28-29-30-32-33-35-37-39-41-43-45-47-55(59)64-52-53(51-63-50-49-54(57(61)62)58(3,4)5)65-56(60)48-46-44-42-40-38-36-34-31-25-23-21-19-17-15-13-11-9-7-2/h19,21,23,25-27,29-31,34,53-54H,6-18,20,22,24,28,32-33,35-52H2,1-5H3/b21-19+,25-23+,27-26+,30-29+,34-31+. The van der Waals surface area contributed by atoms with E-state index in [-0.39, 0.29) is 42.7 Å². The van der Waals surface area contributed by atoms with Crippen LogP contribution in [0.25, 0.3) is 0 Å². The average Bonchev–Trinajstić information content (AvgIpc) is 3.27. The van der Waals surface area contributed by atoms with Crippen LogP contribution < -0.4 is 5.11 Å². The number of carboxylic acids is 1. The van der Waals surface area contributed by atoms with Crippen LogP contribution in [0.3, 0.4) is 0 Å². The zero-order valence-electron chi connectivity index (χ0n) is 42.9. The zero-order chi connectivity index (χ0) is 47.7. The molecule has 65 heavy (non-hydrogen) atoms. The van der Waals surface area contributed by atoms with E-state index in [0.29, 0.717) is 12.8 Å². The van der Waals surface area contributed by atoms with Gasteiger partial charge in [-0.1, -0.05) is 203 Å². The zero-order valence-corrected chi connectivity index (χ0v) is 42.9. The molecular weight excluding hydrogens is 811 g/mol. The number of esters is 2. The third-order valence-corrected chi connectivity index (χ3v) is 11.9. The molecule has 0 aromatic rings. The van der Waals surface area contributed by atoms with Gasteiger partial charge in [0.1, 0.15) is 12.6 Å². The van der Waals surface area contributed by atoms with Crippen molar-refractivity contribution in [3.63, 3.8) is 0 Å². The molecule has 0 spiro atoms. The lowest BCUT2D eigenvalue weighted by atomic mass is 10.1. The molecule has 0 rings (SSSR count). The van der Waals surface area contributed by atoms with Crippen LogP contribution in [-0.4, -0.2) is 75.5 Å². The number of ether oxygens (including phenoxy) is 3. The van der Waals surface area contributed by atoms with E-state index in [9.17, 15) is 19.5 Å². The molecule has 2 atom stereocenters. The van der Waals surface area contributed by atoms with Gasteiger partial charge in [-0.05, 0) is 70.6 Å². The lowest BCUT2D eigenvalue weighted by Gasteiger charge is -2.34. The largest absolute Gasteiger partial charge is 0.544 e. The van der Waals surface area contributed by atoms with Crippen molar-refractivity contribution >= 4 is 17.9 Å². The van der Waals surface area contributed by atoms with Crippen LogP contribution in [-0.2, 0) is 28.6 Å². The molecule has 8 heteroatoms. The summed E-state index contributed by atoms with van der Waals surface area (Å²) in [6.45, 7) is 4.63. The Bertz CT molecular complexity index is 1250. The number of rotatable bonds is 48. The third-order valence-electron chi connectivity index (χ3n) is 11.9. The fourth-order valence-electron chi connectivity index (χ4n) is 7.75. The molecule has 8 nitrogen and oxygen atoms in total. The van der Waals surface area contributed by atoms with Gasteiger partial charge in [-0.25, -0.2) is 0 Å². The molecule has 0 N–H and O–H groups in total. The third kappa shape index (κ3) is 46.0. The summed E-state index contributed by atoms with van der Waals surface area (Å²) < 4.78 is 17.2. The first-order valence-electron chi connectivity index (χ1n) is 26.8. The number of nitrogens with zero attached hydrogens (tertiary/aromatic N) is 1. The number of carbonyl (C=O) groups is 3. The van der Waals surface area contributed by atoms with Gasteiger partial charge in [0.15, 0.2) is 6.10 Å². The second-order valence-electron chi connectivity index (χ2n) is 19.2. The van der Waals surface area contributed by atoms with Crippen LogP contribution in [0.4, 0.5) is 0 Å². The summed E-state index contributed by atoms with van der Waals surface area (Å²) in [6.07, 6.45) is 59.7. The van der Waals surface area contributed by atoms with Gasteiger partial charge in [0, 0.05) is 19.3 Å². The highest BCUT2D eigenvalue weighted by atomic mass is 16.6. The summed E-state index contributed by atoms with van der Waals surface area (Å²) in [5, 5.41) is 11.7. The van der Waals surface area contributed by atoms with Crippen molar-refractivity contribution in [2.45, 2.75) is 244 Å². The Morgan fingerprint density at radius 3 is 1.31 bits per heavy atom. The van der Waals surface area contributed by atoms with E-state index < -0.39 is 18.1 Å². The van der Waals surface area contributed by atoms with Crippen molar-refractivity contribution in [2.75, 3.05) is 41.0 Å². The van der Waals surface area contributed by atoms with E-state index in [1.54, 1.807) is 21.1 Å². The molecule has 0 saturated heterocycles. The summed E-state index contributed by atoms with van der Waals surface area (Å²) >= 11 is 0. The van der Waals surface area contributed by atoms with Crippen molar-refractivity contribution in [3.05, 3.63) is 60.8 Å². The number of carboxylic acid groups (broad SMARTS) is 1. The minimum atomic E-state index is -1.13. The molecular formula is C57H101NO7. The van der Waals surface area contributed by atoms with Crippen LogP contribution in [0.5, 0.6) is 0 Å². The fourth-order valence-corrected chi connectivity index (χ4v) is 7.75. The lowest BCUT2D eigenvalue weighted by Crippen LogP contribution is -2.55. The van der Waals surface area contributed by atoms with Gasteiger partial charge in [0.05, 0.1) is 40.3 Å². The van der Waals surface area contributed by atoms with Gasteiger partial charge >= 0.3 is 11.9 Å². The van der Waals surface area contributed by atoms with Crippen molar-refractivity contribution in [1.82, 2.24) is 0 Å². The Balaban J connectivity index is 4.27. The highest BCUT2D eigenvalue weighted by molar-refractivity contribution is 5.70. The average molecular weight is 912 g/mol. The maximum atomic E-state index is 12.8. The maximum Gasteiger partial charge on any atom is 0.306 e. The first kappa shape index (κ1) is 62.0. The summed E-state index contributed by atoms with van der Waals surface area (Å²) in [7, 11) is 5.41. The van der Waals surface area contributed by atoms with E-state index in [0.717, 1.165) is 77.0 Å². The van der Waals surface area contributed by atoms with E-state index in [1.165, 1.54) is 122 Å². The highest BCUT2D eigenvalue weighted by Gasteiger charge is 2.25. The number of unbranched alkanes of at least 4 members (excludes halogenated alkanes) is 26. The second kappa shape index (κ2) is 47.5. The maximum absolute atomic E-state index is 12.8. The Labute approximate surface area is 400 Å². The minimum absolute atomic E-state index is 0.0281. The Morgan fingerprint density at radius 2 is 0.877 bits per heavy atom. The van der Waals surface area contributed by atoms with E-state index in [1.807, 2.05) is 0 Å². The molecule has 0 aromatic heterocycles. The van der Waals surface area contributed by atoms with Crippen LogP contribution in [0, 0.1) is 0 Å². The first-order valence-corrected chi connectivity index (χ1v) is 26.8. The van der Waals surface area contributed by atoms with Gasteiger partial charge in [0.2, 0.25) is 0 Å². The van der Waals surface area contributed by atoms with Gasteiger partial charge in [-0.3, -0.25) is 9.59 Å². The molecule has 0 aliphatic carbocycles. The quantitative estimate of drug-likeness (QED) is 0.0197. The number of aliphatic carboxylic acids is 1. The number of hydrogen-bond acceptors (Lipinski definition) is 7. The molecule has 0 fully saturated rings. The normalized spacial score (nSPS) is 13.3. The monoisotopic (exact) mass is 912 g/mol. The molecule has 0 saturated carbocycles. The van der Waals surface area contributed by atoms with Crippen molar-refractivity contribution in [1.29, 1.82) is 0 Å². The van der Waals surface area contributed by atoms with Crippen molar-refractivity contribution < 1.29 is 38.2 Å². The Kier molecular flexibility index (Phi) is 45.3. The molecule has 2 unspecified atom stereocenters. The van der Waals surface area contributed by atoms with E-state index in [2.05, 4.69) is 74.6 Å². The highest BCUT2D eigenvalue weighted by Crippen LogP contribution is 2.14. The van der Waals surface area contributed by atoms with Gasteiger partial charge in [-0.15, -0.1) is 0 Å². The van der Waals surface area contributed by atoms with E-state index in [4.69, 9.17) is 14.2 Å². The summed E-state index contributed by atoms with van der Waals surface area (Å²) in [6, 6.07) is -0.734. The van der Waals surface area contributed by atoms with Crippen LogP contribution in [0.1, 0.15) is 232 Å². The molecule has 0 radical (unpaired) electrons. The van der Waals surface area contributed by atoms with Gasteiger partial charge in [-0.2, -0.15) is 0 Å². The number of hydrogen-bond donors (Lipinski definition) is 0. The summed E-state index contributed by atoms with van der Waals surface area (Å²) in [4.78, 5) is 37.1. The lowest BCUT2D eigenvalue weighted by molar-refractivity contribution is -0.889. The predicted molar refractivity (Wildman–Crippen MR) is 273 cm³/mol. The molecule has 0 bridgehead atoms. The predicted octanol–water partition coefficient (Wildman–Crippen LogP) is 14.4. The molecule has 0 aliphatic heterocycles. The SMILES string of the molecule is CCCCCCC/C=C/C=C/C=C/CCCCCCCC(=O)OC(COCCC(C(=O)[O-])[N+](C)(C)C)COC(=O)CCCCCCCCC/C=C/C/C=C/CCCCCCCCCCC. The minimum Gasteiger partial charge on any atom is -0.544 e. The van der Waals surface area contributed by atoms with Crippen LogP contribution >= 0.6 is 0 Å². The molecule has 0 amide bonds. The second-order valence-corrected chi connectivity index (χ2v) is 19.2. The number of carbonyl (C=O) groups excluding carboxylic acids is 3. The van der Waals surface area contributed by atoms with Crippen LogP contribution in [0.2, 0.25) is 0 Å². The van der Waals surface area contributed by atoms with Gasteiger partial charge in [0.25, 0.3) is 0 Å². The molecule has 376 valence electrons. The fraction of sp³-hybridized carbons (Fsp3) is 0.772. The summed E-state index contributed by atoms with van der Waals surface area (Å²) in [5.41, 5.74) is 0. The number of allylic oxidation sites excluding steroid dienone is 10. The number of likely N-dealkylation sites (N-methyl/N-ethyl adjacent to an activating group) is 1. The Morgan fingerprint density at radius 1 is 0.477 bits per heavy atom. The van der Waals surface area contributed by atoms with Gasteiger partial charge < -0.3 is 28.6 Å². The smallest absolute Gasteiger partial charge is 0.306 e. The Hall–Kier alpha value is -2.97. The number of quaternary nitrogens is 1. The van der Waals surface area contributed by atoms with E-state index >= 15 is 0 Å².